The smallest absolute Gasteiger partial charge is 0.123 e. The molecule has 1 aromatic carbocycles. The third-order valence-corrected chi connectivity index (χ3v) is 0.866. The predicted octanol–water partition coefficient (Wildman–Crippen LogP) is 3.27. The molecule has 1 aromatic rings. The fourth-order valence-electron chi connectivity index (χ4n) is 0.451. The van der Waals surface area contributed by atoms with Crippen molar-refractivity contribution in [3.05, 3.63) is 59.4 Å². The Morgan fingerprint density at radius 3 is 2.17 bits per heavy atom. The van der Waals surface area contributed by atoms with Gasteiger partial charge in [0.15, 0.2) is 0 Å². The third kappa shape index (κ3) is 6.32. The number of nitrogens with zero attached hydrogens (tertiary/aromatic N) is 3. The van der Waals surface area contributed by atoms with Crippen LogP contribution in [0.1, 0.15) is 0 Å². The van der Waals surface area contributed by atoms with Crippen molar-refractivity contribution in [1.82, 2.24) is 0 Å². The maximum absolute atomic E-state index is 11.9. The van der Waals surface area contributed by atoms with Crippen LogP contribution in [0, 0.1) is 5.82 Å². The summed E-state index contributed by atoms with van der Waals surface area (Å²) >= 11 is 0. The second kappa shape index (κ2) is 7.31. The van der Waals surface area contributed by atoms with Crippen LogP contribution in [0.2, 0.25) is 0 Å². The van der Waals surface area contributed by atoms with Crippen LogP contribution in [0.15, 0.2) is 48.2 Å². The van der Waals surface area contributed by atoms with Gasteiger partial charge in [0.2, 0.25) is 0 Å². The molecular weight excluding hydrogens is 157 g/mol. The van der Waals surface area contributed by atoms with Crippen LogP contribution in [0.3, 0.4) is 0 Å². The van der Waals surface area contributed by atoms with E-state index in [0.717, 1.165) is 6.20 Å². The Hall–Kier alpha value is -1.80. The standard InChI is InChI=1S/C6H5F.C2H3N3/c7-6-4-2-1-3-5-6;1-2-4-5-3/h1-5H;2H,1H2. The van der Waals surface area contributed by atoms with Crippen LogP contribution in [-0.2, 0) is 0 Å². The third-order valence-electron chi connectivity index (χ3n) is 0.866. The van der Waals surface area contributed by atoms with Gasteiger partial charge in [-0.05, 0) is 23.9 Å². The molecule has 62 valence electrons. The minimum absolute atomic E-state index is 0.178. The van der Waals surface area contributed by atoms with E-state index in [9.17, 15) is 4.39 Å². The van der Waals surface area contributed by atoms with Gasteiger partial charge in [0.05, 0.1) is 0 Å². The SMILES string of the molecule is C=CN=[N+]=[N-].Fc1ccccc1. The van der Waals surface area contributed by atoms with Gasteiger partial charge in [-0.25, -0.2) is 4.39 Å². The lowest BCUT2D eigenvalue weighted by atomic mass is 10.4. The molecule has 0 amide bonds. The molecule has 0 atom stereocenters. The molecule has 12 heavy (non-hydrogen) atoms. The first-order chi connectivity index (χ1) is 5.81. The van der Waals surface area contributed by atoms with E-state index in [1.165, 1.54) is 12.1 Å². The van der Waals surface area contributed by atoms with Crippen molar-refractivity contribution >= 4 is 0 Å². The lowest BCUT2D eigenvalue weighted by molar-refractivity contribution is 0.628. The fourth-order valence-corrected chi connectivity index (χ4v) is 0.451. The van der Waals surface area contributed by atoms with Gasteiger partial charge >= 0.3 is 0 Å². The van der Waals surface area contributed by atoms with Crippen LogP contribution in [0.4, 0.5) is 4.39 Å². The molecule has 1 rings (SSSR count). The van der Waals surface area contributed by atoms with Crippen molar-refractivity contribution in [2.24, 2.45) is 5.11 Å². The molecule has 0 bridgehead atoms. The maximum atomic E-state index is 11.9. The van der Waals surface area contributed by atoms with Crippen molar-refractivity contribution in [1.29, 1.82) is 0 Å². The first-order valence-corrected chi connectivity index (χ1v) is 3.17. The second-order valence-electron chi connectivity index (χ2n) is 1.68. The van der Waals surface area contributed by atoms with Gasteiger partial charge in [0.25, 0.3) is 0 Å². The zero-order chi connectivity index (χ0) is 9.23. The summed E-state index contributed by atoms with van der Waals surface area (Å²) in [5, 5.41) is 2.92. The largest absolute Gasteiger partial charge is 0.207 e. The zero-order valence-corrected chi connectivity index (χ0v) is 6.39. The molecule has 0 saturated heterocycles. The van der Waals surface area contributed by atoms with Gasteiger partial charge in [-0.2, -0.15) is 0 Å². The van der Waals surface area contributed by atoms with Crippen molar-refractivity contribution in [3.63, 3.8) is 0 Å². The highest BCUT2D eigenvalue weighted by atomic mass is 19.1. The molecule has 3 nitrogen and oxygen atoms in total. The molecule has 0 fully saturated rings. The van der Waals surface area contributed by atoms with E-state index in [-0.39, 0.29) is 5.82 Å². The molecular formula is C8H8FN3. The predicted molar refractivity (Wildman–Crippen MR) is 45.7 cm³/mol. The van der Waals surface area contributed by atoms with E-state index < -0.39 is 0 Å². The zero-order valence-electron chi connectivity index (χ0n) is 6.39. The van der Waals surface area contributed by atoms with E-state index in [4.69, 9.17) is 5.53 Å². The molecule has 0 aliphatic rings. The highest BCUT2D eigenvalue weighted by molar-refractivity contribution is 5.02. The Bertz CT molecular complexity index is 265. The number of hydrogen-bond acceptors (Lipinski definition) is 1. The Labute approximate surface area is 69.8 Å². The molecule has 0 aromatic heterocycles. The van der Waals surface area contributed by atoms with Crippen LogP contribution in [0.5, 0.6) is 0 Å². The highest BCUT2D eigenvalue weighted by Gasteiger charge is 1.77. The Balaban J connectivity index is 0.000000217. The lowest BCUT2D eigenvalue weighted by Gasteiger charge is -1.78. The maximum Gasteiger partial charge on any atom is 0.123 e. The normalized spacial score (nSPS) is 7.08. The Morgan fingerprint density at radius 2 is 2.00 bits per heavy atom. The van der Waals surface area contributed by atoms with Gasteiger partial charge in [-0.3, -0.25) is 0 Å². The summed E-state index contributed by atoms with van der Waals surface area (Å²) in [5.74, 6) is -0.178. The number of hydrogen-bond donors (Lipinski definition) is 0. The summed E-state index contributed by atoms with van der Waals surface area (Å²) in [7, 11) is 0. The molecule has 0 saturated carbocycles. The number of azide groups is 1. The van der Waals surface area contributed by atoms with E-state index in [2.05, 4.69) is 16.6 Å². The van der Waals surface area contributed by atoms with Gasteiger partial charge in [-0.1, -0.05) is 29.9 Å². The minimum atomic E-state index is -0.178. The quantitative estimate of drug-likeness (QED) is 0.348. The molecule has 0 N–H and O–H groups in total. The Kier molecular flexibility index (Phi) is 6.21. The van der Waals surface area contributed by atoms with E-state index in [1.807, 2.05) is 0 Å². The van der Waals surface area contributed by atoms with Crippen molar-refractivity contribution < 1.29 is 4.39 Å². The van der Waals surface area contributed by atoms with E-state index >= 15 is 0 Å². The molecule has 0 aliphatic carbocycles. The fraction of sp³-hybridized carbons (Fsp3) is 0. The summed E-state index contributed by atoms with van der Waals surface area (Å²) in [6, 6.07) is 7.94. The molecule has 0 spiro atoms. The highest BCUT2D eigenvalue weighted by Crippen LogP contribution is 1.91. The molecule has 0 radical (unpaired) electrons. The van der Waals surface area contributed by atoms with Gasteiger partial charge < -0.3 is 0 Å². The number of halogens is 1. The summed E-state index contributed by atoms with van der Waals surface area (Å²) in [6.45, 7) is 3.13. The molecule has 0 aliphatic heterocycles. The van der Waals surface area contributed by atoms with Gasteiger partial charge in [0.1, 0.15) is 5.82 Å². The number of rotatable bonds is 1. The van der Waals surface area contributed by atoms with Crippen molar-refractivity contribution in [2.75, 3.05) is 0 Å². The van der Waals surface area contributed by atoms with Crippen molar-refractivity contribution in [3.8, 4) is 0 Å². The number of benzene rings is 1. The topological polar surface area (TPSA) is 48.8 Å². The van der Waals surface area contributed by atoms with Crippen LogP contribution >= 0.6 is 0 Å². The van der Waals surface area contributed by atoms with Gasteiger partial charge in [-0.15, -0.1) is 0 Å². The van der Waals surface area contributed by atoms with Crippen LogP contribution in [-0.4, -0.2) is 0 Å². The van der Waals surface area contributed by atoms with Crippen LogP contribution in [0.25, 0.3) is 10.4 Å². The van der Waals surface area contributed by atoms with E-state index in [0.29, 0.717) is 0 Å². The van der Waals surface area contributed by atoms with Crippen molar-refractivity contribution in [2.45, 2.75) is 0 Å². The first kappa shape index (κ1) is 10.2. The van der Waals surface area contributed by atoms with Gasteiger partial charge in [0, 0.05) is 4.91 Å². The molecule has 4 heteroatoms. The lowest BCUT2D eigenvalue weighted by Crippen LogP contribution is -1.63. The first-order valence-electron chi connectivity index (χ1n) is 3.17. The monoisotopic (exact) mass is 165 g/mol. The molecule has 0 heterocycles. The summed E-state index contributed by atoms with van der Waals surface area (Å²) < 4.78 is 11.9. The van der Waals surface area contributed by atoms with Crippen LogP contribution < -0.4 is 0 Å². The average Bonchev–Trinajstić information content (AvgIpc) is 2.08. The Morgan fingerprint density at radius 1 is 1.42 bits per heavy atom. The summed E-state index contributed by atoms with van der Waals surface area (Å²) in [6.07, 6.45) is 1.14. The minimum Gasteiger partial charge on any atom is -0.207 e. The molecule has 0 unspecified atom stereocenters. The average molecular weight is 165 g/mol. The summed E-state index contributed by atoms with van der Waals surface area (Å²) in [5.41, 5.74) is 7.45. The summed E-state index contributed by atoms with van der Waals surface area (Å²) in [4.78, 5) is 2.36. The van der Waals surface area contributed by atoms with E-state index in [1.54, 1.807) is 18.2 Å². The second-order valence-corrected chi connectivity index (χ2v) is 1.68.